The predicted octanol–water partition coefficient (Wildman–Crippen LogP) is 0.557. The van der Waals surface area contributed by atoms with Gasteiger partial charge in [0.2, 0.25) is 11.8 Å². The molecule has 1 aliphatic heterocycles. The molecular formula is C16H28N4O3. The highest BCUT2D eigenvalue weighted by Gasteiger charge is 2.24. The van der Waals surface area contributed by atoms with E-state index in [1.165, 1.54) is 32.7 Å². The first kappa shape index (κ1) is 17.7. The second kappa shape index (κ2) is 8.86. The summed E-state index contributed by atoms with van der Waals surface area (Å²) in [5.41, 5.74) is 0. The maximum Gasteiger partial charge on any atom is 0.321 e. The Morgan fingerprint density at radius 1 is 1.04 bits per heavy atom. The third-order valence-electron chi connectivity index (χ3n) is 4.81. The van der Waals surface area contributed by atoms with Crippen molar-refractivity contribution in [3.05, 3.63) is 0 Å². The van der Waals surface area contributed by atoms with Crippen LogP contribution in [0.1, 0.15) is 38.5 Å². The summed E-state index contributed by atoms with van der Waals surface area (Å²) in [4.78, 5) is 38.8. The van der Waals surface area contributed by atoms with Crippen LogP contribution < -0.4 is 10.6 Å². The Hall–Kier alpha value is -1.63. The summed E-state index contributed by atoms with van der Waals surface area (Å²) in [6.45, 7) is 2.87. The van der Waals surface area contributed by atoms with Crippen LogP contribution in [0.25, 0.3) is 0 Å². The molecule has 0 aromatic carbocycles. The molecule has 1 saturated heterocycles. The van der Waals surface area contributed by atoms with Gasteiger partial charge < -0.3 is 10.2 Å². The Morgan fingerprint density at radius 3 is 2.30 bits per heavy atom. The van der Waals surface area contributed by atoms with E-state index < -0.39 is 6.03 Å². The Labute approximate surface area is 137 Å². The van der Waals surface area contributed by atoms with Crippen LogP contribution in [-0.2, 0) is 9.59 Å². The summed E-state index contributed by atoms with van der Waals surface area (Å²) in [6.07, 6.45) is 6.86. The zero-order valence-corrected chi connectivity index (χ0v) is 14.0. The molecule has 1 saturated carbocycles. The van der Waals surface area contributed by atoms with Gasteiger partial charge in [0.05, 0.1) is 6.54 Å². The van der Waals surface area contributed by atoms with Gasteiger partial charge in [-0.3, -0.25) is 19.8 Å². The van der Waals surface area contributed by atoms with Gasteiger partial charge in [0, 0.05) is 39.6 Å². The molecule has 1 heterocycles. The van der Waals surface area contributed by atoms with Gasteiger partial charge in [0.15, 0.2) is 0 Å². The molecule has 0 aromatic heterocycles. The van der Waals surface area contributed by atoms with E-state index in [-0.39, 0.29) is 18.4 Å². The first-order valence-electron chi connectivity index (χ1n) is 8.60. The molecule has 4 amide bonds. The van der Waals surface area contributed by atoms with Crippen LogP contribution in [0.4, 0.5) is 4.79 Å². The molecule has 0 bridgehead atoms. The molecule has 7 nitrogen and oxygen atoms in total. The normalized spacial score (nSPS) is 19.6. The Bertz CT molecular complexity index is 427. The minimum atomic E-state index is -0.490. The van der Waals surface area contributed by atoms with E-state index in [9.17, 15) is 14.4 Å². The monoisotopic (exact) mass is 324 g/mol. The van der Waals surface area contributed by atoms with Gasteiger partial charge in [0.25, 0.3) is 0 Å². The number of rotatable bonds is 5. The minimum Gasteiger partial charge on any atom is -0.341 e. The van der Waals surface area contributed by atoms with Crippen LogP contribution in [0.3, 0.4) is 0 Å². The predicted molar refractivity (Wildman–Crippen MR) is 86.8 cm³/mol. The minimum absolute atomic E-state index is 0.192. The van der Waals surface area contributed by atoms with E-state index in [2.05, 4.69) is 10.6 Å². The van der Waals surface area contributed by atoms with Crippen molar-refractivity contribution in [2.24, 2.45) is 5.92 Å². The van der Waals surface area contributed by atoms with Crippen LogP contribution in [0.2, 0.25) is 0 Å². The lowest BCUT2D eigenvalue weighted by atomic mass is 10.0. The summed E-state index contributed by atoms with van der Waals surface area (Å²) in [5.74, 6) is 0.672. The third-order valence-corrected chi connectivity index (χ3v) is 4.81. The number of carbonyl (C=O) groups excluding carboxylic acids is 3. The molecule has 130 valence electrons. The lowest BCUT2D eigenvalue weighted by Gasteiger charge is -2.34. The molecule has 0 atom stereocenters. The molecule has 2 rings (SSSR count). The zero-order chi connectivity index (χ0) is 16.7. The van der Waals surface area contributed by atoms with Crippen molar-refractivity contribution in [2.45, 2.75) is 38.5 Å². The standard InChI is InChI=1S/C16H28N4O3/c1-17-16(23)18-14(21)12-19-8-10-20(11-9-19)15(22)7-6-13-4-2-3-5-13/h13H,2-12H2,1H3,(H2,17,18,21,23). The molecule has 0 aromatic rings. The van der Waals surface area contributed by atoms with Gasteiger partial charge >= 0.3 is 6.03 Å². The van der Waals surface area contributed by atoms with E-state index >= 15 is 0 Å². The average Bonchev–Trinajstić information content (AvgIpc) is 3.06. The highest BCUT2D eigenvalue weighted by molar-refractivity contribution is 5.95. The Balaban J connectivity index is 1.63. The molecule has 0 unspecified atom stereocenters. The van der Waals surface area contributed by atoms with Gasteiger partial charge in [-0.1, -0.05) is 25.7 Å². The molecule has 2 aliphatic rings. The number of nitrogens with one attached hydrogen (secondary N) is 2. The number of nitrogens with zero attached hydrogens (tertiary/aromatic N) is 2. The van der Waals surface area contributed by atoms with Crippen molar-refractivity contribution in [1.29, 1.82) is 0 Å². The number of urea groups is 1. The molecule has 0 radical (unpaired) electrons. The Morgan fingerprint density at radius 2 is 1.70 bits per heavy atom. The maximum absolute atomic E-state index is 12.2. The lowest BCUT2D eigenvalue weighted by molar-refractivity contribution is -0.133. The van der Waals surface area contributed by atoms with E-state index in [1.807, 2.05) is 9.80 Å². The first-order valence-corrected chi connectivity index (χ1v) is 8.60. The molecule has 2 fully saturated rings. The average molecular weight is 324 g/mol. The fraction of sp³-hybridized carbons (Fsp3) is 0.812. The molecule has 7 heteroatoms. The van der Waals surface area contributed by atoms with Crippen molar-refractivity contribution in [2.75, 3.05) is 39.8 Å². The largest absolute Gasteiger partial charge is 0.341 e. The molecular weight excluding hydrogens is 296 g/mol. The first-order chi connectivity index (χ1) is 11.1. The van der Waals surface area contributed by atoms with E-state index in [4.69, 9.17) is 0 Å². The van der Waals surface area contributed by atoms with Crippen molar-refractivity contribution in [3.8, 4) is 0 Å². The van der Waals surface area contributed by atoms with Gasteiger partial charge in [-0.05, 0) is 12.3 Å². The molecule has 23 heavy (non-hydrogen) atoms. The van der Waals surface area contributed by atoms with Gasteiger partial charge in [-0.25, -0.2) is 4.79 Å². The van der Waals surface area contributed by atoms with E-state index in [1.54, 1.807) is 0 Å². The van der Waals surface area contributed by atoms with Gasteiger partial charge in [-0.15, -0.1) is 0 Å². The van der Waals surface area contributed by atoms with Crippen LogP contribution in [-0.4, -0.2) is 67.4 Å². The third kappa shape index (κ3) is 5.82. The quantitative estimate of drug-likeness (QED) is 0.774. The molecule has 1 aliphatic carbocycles. The second-order valence-electron chi connectivity index (χ2n) is 6.47. The summed E-state index contributed by atoms with van der Waals surface area (Å²) in [5, 5.41) is 4.60. The van der Waals surface area contributed by atoms with Crippen molar-refractivity contribution >= 4 is 17.8 Å². The van der Waals surface area contributed by atoms with E-state index in [0.717, 1.165) is 12.3 Å². The number of hydrogen-bond acceptors (Lipinski definition) is 4. The van der Waals surface area contributed by atoms with Crippen LogP contribution in [0, 0.1) is 5.92 Å². The summed E-state index contributed by atoms with van der Waals surface area (Å²) in [7, 11) is 1.47. The SMILES string of the molecule is CNC(=O)NC(=O)CN1CCN(C(=O)CCC2CCCC2)CC1. The number of carbonyl (C=O) groups is 3. The zero-order valence-electron chi connectivity index (χ0n) is 14.0. The highest BCUT2D eigenvalue weighted by atomic mass is 16.2. The molecule has 0 spiro atoms. The fourth-order valence-electron chi connectivity index (χ4n) is 3.37. The Kier molecular flexibility index (Phi) is 6.83. The van der Waals surface area contributed by atoms with Crippen LogP contribution >= 0.6 is 0 Å². The van der Waals surface area contributed by atoms with Crippen molar-refractivity contribution < 1.29 is 14.4 Å². The van der Waals surface area contributed by atoms with Gasteiger partial charge in [0.1, 0.15) is 0 Å². The van der Waals surface area contributed by atoms with Crippen LogP contribution in [0.5, 0.6) is 0 Å². The lowest BCUT2D eigenvalue weighted by Crippen LogP contribution is -2.52. The fourth-order valence-corrected chi connectivity index (χ4v) is 3.37. The smallest absolute Gasteiger partial charge is 0.321 e. The summed E-state index contributed by atoms with van der Waals surface area (Å²) < 4.78 is 0. The van der Waals surface area contributed by atoms with Crippen LogP contribution in [0.15, 0.2) is 0 Å². The summed E-state index contributed by atoms with van der Waals surface area (Å²) >= 11 is 0. The van der Waals surface area contributed by atoms with Crippen molar-refractivity contribution in [3.63, 3.8) is 0 Å². The van der Waals surface area contributed by atoms with Crippen molar-refractivity contribution in [1.82, 2.24) is 20.4 Å². The topological polar surface area (TPSA) is 81.8 Å². The molecule has 2 N–H and O–H groups in total. The highest BCUT2D eigenvalue weighted by Crippen LogP contribution is 2.28. The number of amides is 4. The number of hydrogen-bond donors (Lipinski definition) is 2. The maximum atomic E-state index is 12.2. The second-order valence-corrected chi connectivity index (χ2v) is 6.47. The van der Waals surface area contributed by atoms with Gasteiger partial charge in [-0.2, -0.15) is 0 Å². The number of imide groups is 1. The summed E-state index contributed by atoms with van der Waals surface area (Å²) in [6, 6.07) is -0.490. The van der Waals surface area contributed by atoms with E-state index in [0.29, 0.717) is 32.6 Å². The number of piperazine rings is 1.